The van der Waals surface area contributed by atoms with Gasteiger partial charge in [-0.05, 0) is 31.3 Å². The summed E-state index contributed by atoms with van der Waals surface area (Å²) in [6.45, 7) is 6.86. The minimum absolute atomic E-state index is 0.270. The lowest BCUT2D eigenvalue weighted by atomic mass is 10.1. The third-order valence-corrected chi connectivity index (χ3v) is 4.20. The Hall–Kier alpha value is -2.66. The van der Waals surface area contributed by atoms with Gasteiger partial charge in [-0.15, -0.1) is 0 Å². The molecule has 5 nitrogen and oxygen atoms in total. The summed E-state index contributed by atoms with van der Waals surface area (Å²) < 4.78 is 0. The first-order chi connectivity index (χ1) is 11.7. The first-order valence-electron chi connectivity index (χ1n) is 8.23. The van der Waals surface area contributed by atoms with Crippen LogP contribution in [0.2, 0.25) is 0 Å². The van der Waals surface area contributed by atoms with Gasteiger partial charge in [-0.25, -0.2) is 9.97 Å². The average Bonchev–Trinajstić information content (AvgIpc) is 2.63. The van der Waals surface area contributed by atoms with Gasteiger partial charge in [0.2, 0.25) is 0 Å². The van der Waals surface area contributed by atoms with Crippen molar-refractivity contribution >= 4 is 22.4 Å². The molecule has 124 valence electrons. The molecule has 5 heteroatoms. The fraction of sp³-hybridized carbons (Fsp3) is 0.263. The van der Waals surface area contributed by atoms with E-state index in [1.807, 2.05) is 42.5 Å². The molecule has 0 fully saturated rings. The number of anilines is 2. The minimum Gasteiger partial charge on any atom is -0.505 e. The van der Waals surface area contributed by atoms with E-state index in [1.54, 1.807) is 0 Å². The molecule has 1 heterocycles. The van der Waals surface area contributed by atoms with Crippen molar-refractivity contribution in [1.82, 2.24) is 14.9 Å². The van der Waals surface area contributed by atoms with Gasteiger partial charge in [-0.3, -0.25) is 4.90 Å². The number of para-hydroxylation sites is 2. The summed E-state index contributed by atoms with van der Waals surface area (Å²) in [7, 11) is 0. The summed E-state index contributed by atoms with van der Waals surface area (Å²) in [6, 6.07) is 13.6. The molecule has 0 spiro atoms. The van der Waals surface area contributed by atoms with Gasteiger partial charge in [-0.2, -0.15) is 0 Å². The van der Waals surface area contributed by atoms with Crippen LogP contribution in [0.4, 0.5) is 11.5 Å². The van der Waals surface area contributed by atoms with Crippen LogP contribution < -0.4 is 5.32 Å². The number of nitrogens with one attached hydrogen (secondary N) is 1. The smallest absolute Gasteiger partial charge is 0.143 e. The molecule has 0 aliphatic rings. The Bertz CT molecular complexity index is 825. The number of nitrogens with zero attached hydrogens (tertiary/aromatic N) is 3. The zero-order valence-electron chi connectivity index (χ0n) is 14.0. The second kappa shape index (κ2) is 7.27. The van der Waals surface area contributed by atoms with Crippen molar-refractivity contribution in [2.75, 3.05) is 18.4 Å². The standard InChI is InChI=1S/C19H22N4O/c1-3-23(4-2)12-14-8-7-11-17(18(14)24)22-19-15-9-5-6-10-16(15)20-13-21-19/h5-11,13,24H,3-4,12H2,1-2H3,(H,20,21,22). The molecule has 0 aliphatic heterocycles. The maximum Gasteiger partial charge on any atom is 0.143 e. The summed E-state index contributed by atoms with van der Waals surface area (Å²) >= 11 is 0. The van der Waals surface area contributed by atoms with Crippen LogP contribution in [0, 0.1) is 0 Å². The summed E-state index contributed by atoms with van der Waals surface area (Å²) in [5, 5.41) is 14.8. The van der Waals surface area contributed by atoms with Crippen LogP contribution >= 0.6 is 0 Å². The highest BCUT2D eigenvalue weighted by atomic mass is 16.3. The number of hydrogen-bond donors (Lipinski definition) is 2. The third kappa shape index (κ3) is 3.31. The van der Waals surface area contributed by atoms with Gasteiger partial charge in [0.15, 0.2) is 0 Å². The highest BCUT2D eigenvalue weighted by molar-refractivity contribution is 5.91. The van der Waals surface area contributed by atoms with Crippen LogP contribution in [0.15, 0.2) is 48.8 Å². The molecule has 0 aliphatic carbocycles. The molecule has 3 aromatic rings. The van der Waals surface area contributed by atoms with Crippen molar-refractivity contribution in [3.8, 4) is 5.75 Å². The van der Waals surface area contributed by atoms with E-state index in [4.69, 9.17) is 0 Å². The fourth-order valence-electron chi connectivity index (χ4n) is 2.74. The molecule has 24 heavy (non-hydrogen) atoms. The Morgan fingerprint density at radius 3 is 2.58 bits per heavy atom. The number of phenolic OH excluding ortho intramolecular Hbond substituents is 1. The Labute approximate surface area is 142 Å². The van der Waals surface area contributed by atoms with E-state index >= 15 is 0 Å². The number of aromatic hydroxyl groups is 1. The normalized spacial score (nSPS) is 11.1. The van der Waals surface area contributed by atoms with Crippen LogP contribution in [0.1, 0.15) is 19.4 Å². The number of benzene rings is 2. The van der Waals surface area contributed by atoms with E-state index in [9.17, 15) is 5.11 Å². The molecule has 2 N–H and O–H groups in total. The summed E-state index contributed by atoms with van der Waals surface area (Å²) in [5.74, 6) is 0.961. The van der Waals surface area contributed by atoms with E-state index in [-0.39, 0.29) is 5.75 Å². The molecular formula is C19H22N4O. The summed E-state index contributed by atoms with van der Waals surface area (Å²) in [5.41, 5.74) is 2.43. The first-order valence-corrected chi connectivity index (χ1v) is 8.23. The lowest BCUT2D eigenvalue weighted by Crippen LogP contribution is -2.22. The molecule has 1 aromatic heterocycles. The van der Waals surface area contributed by atoms with E-state index in [0.717, 1.165) is 36.1 Å². The van der Waals surface area contributed by atoms with Crippen molar-refractivity contribution in [3.63, 3.8) is 0 Å². The Balaban J connectivity index is 1.92. The van der Waals surface area contributed by atoms with Crippen molar-refractivity contribution in [2.45, 2.75) is 20.4 Å². The van der Waals surface area contributed by atoms with Crippen molar-refractivity contribution in [1.29, 1.82) is 0 Å². The molecular weight excluding hydrogens is 300 g/mol. The van der Waals surface area contributed by atoms with Crippen LogP contribution in [-0.4, -0.2) is 33.1 Å². The van der Waals surface area contributed by atoms with Gasteiger partial charge >= 0.3 is 0 Å². The molecule has 2 aromatic carbocycles. The monoisotopic (exact) mass is 322 g/mol. The second-order valence-corrected chi connectivity index (χ2v) is 5.64. The second-order valence-electron chi connectivity index (χ2n) is 5.64. The largest absolute Gasteiger partial charge is 0.505 e. The number of phenols is 1. The SMILES string of the molecule is CCN(CC)Cc1cccc(Nc2ncnc3ccccc23)c1O. The minimum atomic E-state index is 0.270. The van der Waals surface area contributed by atoms with Crippen molar-refractivity contribution < 1.29 is 5.11 Å². The van der Waals surface area contributed by atoms with E-state index in [2.05, 4.69) is 34.0 Å². The maximum absolute atomic E-state index is 10.6. The molecule has 0 saturated heterocycles. The highest BCUT2D eigenvalue weighted by Crippen LogP contribution is 2.32. The summed E-state index contributed by atoms with van der Waals surface area (Å²) in [4.78, 5) is 10.9. The van der Waals surface area contributed by atoms with Crippen molar-refractivity contribution in [2.24, 2.45) is 0 Å². The van der Waals surface area contributed by atoms with E-state index in [1.165, 1.54) is 6.33 Å². The van der Waals surface area contributed by atoms with Crippen LogP contribution in [0.25, 0.3) is 10.9 Å². The van der Waals surface area contributed by atoms with Gasteiger partial charge in [0, 0.05) is 17.5 Å². The molecule has 3 rings (SSSR count). The van der Waals surface area contributed by atoms with Gasteiger partial charge in [0.25, 0.3) is 0 Å². The van der Waals surface area contributed by atoms with Gasteiger partial charge < -0.3 is 10.4 Å². The van der Waals surface area contributed by atoms with Crippen LogP contribution in [0.5, 0.6) is 5.75 Å². The molecule has 0 radical (unpaired) electrons. The number of fused-ring (bicyclic) bond motifs is 1. The quantitative estimate of drug-likeness (QED) is 0.674. The van der Waals surface area contributed by atoms with E-state index < -0.39 is 0 Å². The first kappa shape index (κ1) is 16.2. The third-order valence-electron chi connectivity index (χ3n) is 4.20. The number of aromatic nitrogens is 2. The Morgan fingerprint density at radius 1 is 1.00 bits per heavy atom. The van der Waals surface area contributed by atoms with Crippen LogP contribution in [-0.2, 0) is 6.54 Å². The predicted octanol–water partition coefficient (Wildman–Crippen LogP) is 3.92. The zero-order valence-corrected chi connectivity index (χ0v) is 14.0. The fourth-order valence-corrected chi connectivity index (χ4v) is 2.74. The van der Waals surface area contributed by atoms with Crippen LogP contribution in [0.3, 0.4) is 0 Å². The molecule has 0 saturated carbocycles. The average molecular weight is 322 g/mol. The summed E-state index contributed by atoms with van der Waals surface area (Å²) in [6.07, 6.45) is 1.53. The van der Waals surface area contributed by atoms with E-state index in [0.29, 0.717) is 11.5 Å². The molecule has 0 bridgehead atoms. The lowest BCUT2D eigenvalue weighted by Gasteiger charge is -2.20. The number of hydrogen-bond acceptors (Lipinski definition) is 5. The molecule has 0 amide bonds. The Morgan fingerprint density at radius 2 is 1.79 bits per heavy atom. The topological polar surface area (TPSA) is 61.3 Å². The lowest BCUT2D eigenvalue weighted by molar-refractivity contribution is 0.291. The van der Waals surface area contributed by atoms with Crippen molar-refractivity contribution in [3.05, 3.63) is 54.4 Å². The van der Waals surface area contributed by atoms with Gasteiger partial charge in [0.1, 0.15) is 17.9 Å². The predicted molar refractivity (Wildman–Crippen MR) is 97.6 cm³/mol. The highest BCUT2D eigenvalue weighted by Gasteiger charge is 2.11. The molecule has 0 atom stereocenters. The maximum atomic E-state index is 10.6. The number of rotatable bonds is 6. The van der Waals surface area contributed by atoms with Gasteiger partial charge in [-0.1, -0.05) is 38.1 Å². The van der Waals surface area contributed by atoms with Gasteiger partial charge in [0.05, 0.1) is 11.2 Å². The zero-order chi connectivity index (χ0) is 16.9. The Kier molecular flexibility index (Phi) is 4.91. The molecule has 0 unspecified atom stereocenters.